The molecule has 1 fully saturated rings. The van der Waals surface area contributed by atoms with E-state index in [1.165, 1.54) is 6.08 Å². The van der Waals surface area contributed by atoms with Crippen molar-refractivity contribution in [2.45, 2.75) is 6.92 Å². The van der Waals surface area contributed by atoms with Gasteiger partial charge in [-0.05, 0) is 54.3 Å². The average Bonchev–Trinajstić information content (AvgIpc) is 2.74. The molecule has 4 rings (SSSR count). The van der Waals surface area contributed by atoms with Gasteiger partial charge in [0.1, 0.15) is 11.3 Å². The van der Waals surface area contributed by atoms with Crippen LogP contribution in [0, 0.1) is 0 Å². The molecule has 1 N–H and O–H groups in total. The van der Waals surface area contributed by atoms with Crippen LogP contribution in [0.3, 0.4) is 0 Å². The molecular weight excluding hydrogens is 404 g/mol. The van der Waals surface area contributed by atoms with Gasteiger partial charge in [0.2, 0.25) is 0 Å². The Bertz CT molecular complexity index is 1200. The summed E-state index contributed by atoms with van der Waals surface area (Å²) < 4.78 is 5.67. The minimum atomic E-state index is -0.805. The molecule has 0 aliphatic carbocycles. The number of ether oxygens (including phenoxy) is 1. The molecule has 0 radical (unpaired) electrons. The highest BCUT2D eigenvalue weighted by atomic mass is 35.5. The summed E-state index contributed by atoms with van der Waals surface area (Å²) in [6.07, 6.45) is 1.49. The third-order valence-electron chi connectivity index (χ3n) is 4.70. The standard InChI is InChI=1S/C23H17ClN2O4/c1-2-30-20-12-7-14(17-5-3-4-6-18(17)20)13-19-21(27)25-23(29)26(22(19)28)16-10-8-15(24)9-11-16/h3-13H,2H2,1H3,(H,25,27,29). The monoisotopic (exact) mass is 420 g/mol. The van der Waals surface area contributed by atoms with Gasteiger partial charge in [-0.3, -0.25) is 14.9 Å². The van der Waals surface area contributed by atoms with E-state index in [0.717, 1.165) is 15.7 Å². The van der Waals surface area contributed by atoms with E-state index in [2.05, 4.69) is 5.32 Å². The third kappa shape index (κ3) is 3.53. The van der Waals surface area contributed by atoms with Crippen molar-refractivity contribution in [3.63, 3.8) is 0 Å². The van der Waals surface area contributed by atoms with Crippen LogP contribution >= 0.6 is 11.6 Å². The number of carbonyl (C=O) groups excluding carboxylic acids is 3. The van der Waals surface area contributed by atoms with Crippen molar-refractivity contribution in [1.82, 2.24) is 5.32 Å². The number of amides is 4. The molecule has 7 heteroatoms. The molecule has 30 heavy (non-hydrogen) atoms. The first-order valence-corrected chi connectivity index (χ1v) is 9.69. The zero-order chi connectivity index (χ0) is 21.3. The fourth-order valence-corrected chi connectivity index (χ4v) is 3.47. The molecular formula is C23H17ClN2O4. The topological polar surface area (TPSA) is 75.7 Å². The number of halogens is 1. The highest BCUT2D eigenvalue weighted by Crippen LogP contribution is 2.31. The van der Waals surface area contributed by atoms with E-state index in [-0.39, 0.29) is 5.57 Å². The average molecular weight is 421 g/mol. The van der Waals surface area contributed by atoms with E-state index in [1.807, 2.05) is 31.2 Å². The van der Waals surface area contributed by atoms with Crippen molar-refractivity contribution >= 4 is 52.0 Å². The predicted molar refractivity (Wildman–Crippen MR) is 116 cm³/mol. The van der Waals surface area contributed by atoms with Crippen LogP contribution in [0.2, 0.25) is 5.02 Å². The molecule has 1 aliphatic heterocycles. The lowest BCUT2D eigenvalue weighted by atomic mass is 10.00. The van der Waals surface area contributed by atoms with Gasteiger partial charge in [0.05, 0.1) is 12.3 Å². The van der Waals surface area contributed by atoms with Crippen LogP contribution in [0.25, 0.3) is 16.8 Å². The summed E-state index contributed by atoms with van der Waals surface area (Å²) >= 11 is 5.89. The Hall–Kier alpha value is -3.64. The Kier molecular flexibility index (Phi) is 5.25. The van der Waals surface area contributed by atoms with Crippen LogP contribution in [-0.2, 0) is 9.59 Å². The number of nitrogens with zero attached hydrogens (tertiary/aromatic N) is 1. The molecule has 1 heterocycles. The predicted octanol–water partition coefficient (Wildman–Crippen LogP) is 4.56. The zero-order valence-electron chi connectivity index (χ0n) is 16.0. The quantitative estimate of drug-likeness (QED) is 0.496. The highest BCUT2D eigenvalue weighted by molar-refractivity contribution is 6.39. The van der Waals surface area contributed by atoms with E-state index in [0.29, 0.717) is 28.6 Å². The molecule has 0 spiro atoms. The normalized spacial score (nSPS) is 15.6. The van der Waals surface area contributed by atoms with Crippen molar-refractivity contribution in [2.24, 2.45) is 0 Å². The fraction of sp³-hybridized carbons (Fsp3) is 0.0870. The Morgan fingerprint density at radius 2 is 1.67 bits per heavy atom. The van der Waals surface area contributed by atoms with Crippen LogP contribution < -0.4 is 15.0 Å². The van der Waals surface area contributed by atoms with Gasteiger partial charge < -0.3 is 4.74 Å². The van der Waals surface area contributed by atoms with Gasteiger partial charge >= 0.3 is 6.03 Å². The number of carbonyl (C=O) groups is 3. The summed E-state index contributed by atoms with van der Waals surface area (Å²) in [5, 5.41) is 4.38. The molecule has 3 aromatic rings. The Morgan fingerprint density at radius 3 is 2.37 bits per heavy atom. The van der Waals surface area contributed by atoms with Gasteiger partial charge in [-0.15, -0.1) is 0 Å². The molecule has 3 aromatic carbocycles. The first-order valence-electron chi connectivity index (χ1n) is 9.31. The van der Waals surface area contributed by atoms with Gasteiger partial charge in [-0.2, -0.15) is 0 Å². The van der Waals surface area contributed by atoms with Crippen LogP contribution in [-0.4, -0.2) is 24.5 Å². The number of barbiturate groups is 1. The number of fused-ring (bicyclic) bond motifs is 1. The molecule has 6 nitrogen and oxygen atoms in total. The van der Waals surface area contributed by atoms with Crippen molar-refractivity contribution in [3.8, 4) is 5.75 Å². The molecule has 150 valence electrons. The second-order valence-corrected chi connectivity index (χ2v) is 7.00. The highest BCUT2D eigenvalue weighted by Gasteiger charge is 2.36. The van der Waals surface area contributed by atoms with Gasteiger partial charge in [0, 0.05) is 10.4 Å². The van der Waals surface area contributed by atoms with Crippen molar-refractivity contribution in [3.05, 3.63) is 76.8 Å². The lowest BCUT2D eigenvalue weighted by molar-refractivity contribution is -0.122. The van der Waals surface area contributed by atoms with E-state index >= 15 is 0 Å². The van der Waals surface area contributed by atoms with Gasteiger partial charge in [0.15, 0.2) is 0 Å². The Morgan fingerprint density at radius 1 is 0.967 bits per heavy atom. The summed E-state index contributed by atoms with van der Waals surface area (Å²) in [4.78, 5) is 38.8. The third-order valence-corrected chi connectivity index (χ3v) is 4.96. The largest absolute Gasteiger partial charge is 0.493 e. The summed E-state index contributed by atoms with van der Waals surface area (Å²) in [5.74, 6) is -0.732. The minimum absolute atomic E-state index is 0.140. The summed E-state index contributed by atoms with van der Waals surface area (Å²) in [6.45, 7) is 2.42. The SMILES string of the molecule is CCOc1ccc(C=C2C(=O)NC(=O)N(c3ccc(Cl)cc3)C2=O)c2ccccc12. The number of anilines is 1. The second kappa shape index (κ2) is 8.00. The first-order chi connectivity index (χ1) is 14.5. The molecule has 0 saturated carbocycles. The smallest absolute Gasteiger partial charge is 0.335 e. The Labute approximate surface area is 177 Å². The van der Waals surface area contributed by atoms with Crippen molar-refractivity contribution < 1.29 is 19.1 Å². The molecule has 0 bridgehead atoms. The number of hydrogen-bond donors (Lipinski definition) is 1. The number of benzene rings is 3. The van der Waals surface area contributed by atoms with Crippen LogP contribution in [0.1, 0.15) is 12.5 Å². The fourth-order valence-electron chi connectivity index (χ4n) is 3.34. The maximum atomic E-state index is 13.1. The van der Waals surface area contributed by atoms with Gasteiger partial charge in [-0.25, -0.2) is 9.69 Å². The van der Waals surface area contributed by atoms with Crippen LogP contribution in [0.15, 0.2) is 66.2 Å². The number of urea groups is 1. The molecule has 1 aliphatic rings. The van der Waals surface area contributed by atoms with Crippen LogP contribution in [0.4, 0.5) is 10.5 Å². The van der Waals surface area contributed by atoms with E-state index in [4.69, 9.17) is 16.3 Å². The van der Waals surface area contributed by atoms with Gasteiger partial charge in [-0.1, -0.05) is 41.9 Å². The molecule has 1 saturated heterocycles. The van der Waals surface area contributed by atoms with E-state index in [9.17, 15) is 14.4 Å². The molecule has 0 atom stereocenters. The van der Waals surface area contributed by atoms with Gasteiger partial charge in [0.25, 0.3) is 11.8 Å². The maximum Gasteiger partial charge on any atom is 0.335 e. The summed E-state index contributed by atoms with van der Waals surface area (Å²) in [7, 11) is 0. The van der Waals surface area contributed by atoms with Crippen molar-refractivity contribution in [2.75, 3.05) is 11.5 Å². The first kappa shape index (κ1) is 19.7. The van der Waals surface area contributed by atoms with Crippen LogP contribution in [0.5, 0.6) is 5.75 Å². The number of hydrogen-bond acceptors (Lipinski definition) is 4. The van der Waals surface area contributed by atoms with E-state index in [1.54, 1.807) is 36.4 Å². The lowest BCUT2D eigenvalue weighted by Gasteiger charge is -2.26. The number of rotatable bonds is 4. The summed E-state index contributed by atoms with van der Waals surface area (Å²) in [5.41, 5.74) is 0.841. The number of imide groups is 2. The molecule has 0 aromatic heterocycles. The zero-order valence-corrected chi connectivity index (χ0v) is 16.8. The molecule has 4 amide bonds. The summed E-state index contributed by atoms with van der Waals surface area (Å²) in [6, 6.07) is 16.5. The molecule has 0 unspecified atom stereocenters. The maximum absolute atomic E-state index is 13.1. The second-order valence-electron chi connectivity index (χ2n) is 6.57. The number of nitrogens with one attached hydrogen (secondary N) is 1. The van der Waals surface area contributed by atoms with Crippen molar-refractivity contribution in [1.29, 1.82) is 0 Å². The Balaban J connectivity index is 1.80. The minimum Gasteiger partial charge on any atom is -0.493 e. The van der Waals surface area contributed by atoms with E-state index < -0.39 is 17.8 Å². The lowest BCUT2D eigenvalue weighted by Crippen LogP contribution is -2.54.